The lowest BCUT2D eigenvalue weighted by molar-refractivity contribution is -0.137. The smallest absolute Gasteiger partial charge is 0.261 e. The zero-order valence-electron chi connectivity index (χ0n) is 14.1. The van der Waals surface area contributed by atoms with Crippen LogP contribution < -0.4 is 4.74 Å². The Hall–Kier alpha value is -2.07. The Bertz CT molecular complexity index is 779. The minimum Gasteiger partial charge on any atom is -0.482 e. The highest BCUT2D eigenvalue weighted by Crippen LogP contribution is 2.29. The third kappa shape index (κ3) is 4.13. The minimum absolute atomic E-state index is 0.0457. The summed E-state index contributed by atoms with van der Waals surface area (Å²) in [6.07, 6.45) is 4.45. The summed E-state index contributed by atoms with van der Waals surface area (Å²) in [6.45, 7) is -0.175. The van der Waals surface area contributed by atoms with Crippen molar-refractivity contribution in [2.75, 3.05) is 18.1 Å². The van der Waals surface area contributed by atoms with Gasteiger partial charge in [0, 0.05) is 12.1 Å². The van der Waals surface area contributed by atoms with Gasteiger partial charge in [-0.15, -0.1) is 0 Å². The second-order valence-electron chi connectivity index (χ2n) is 6.69. The summed E-state index contributed by atoms with van der Waals surface area (Å²) in [5, 5.41) is 9.10. The Morgan fingerprint density at radius 3 is 2.56 bits per heavy atom. The molecule has 25 heavy (non-hydrogen) atoms. The first-order valence-electron chi connectivity index (χ1n) is 8.64. The molecule has 1 saturated heterocycles. The molecule has 3 rings (SSSR count). The predicted octanol–water partition coefficient (Wildman–Crippen LogP) is 1.90. The van der Waals surface area contributed by atoms with E-state index in [4.69, 9.17) is 10.00 Å². The number of carbonyl (C=O) groups is 1. The molecule has 1 aromatic rings. The average molecular weight is 362 g/mol. The van der Waals surface area contributed by atoms with Crippen LogP contribution in [0.1, 0.15) is 37.7 Å². The van der Waals surface area contributed by atoms with Crippen LogP contribution in [0.3, 0.4) is 0 Å². The van der Waals surface area contributed by atoms with Crippen LogP contribution in [0.25, 0.3) is 0 Å². The van der Waals surface area contributed by atoms with E-state index in [0.29, 0.717) is 17.7 Å². The second kappa shape index (κ2) is 7.44. The number of hydrogen-bond acceptors (Lipinski definition) is 5. The average Bonchev–Trinajstić information content (AvgIpc) is 3.23. The first-order valence-corrected chi connectivity index (χ1v) is 10.5. The molecule has 2 fully saturated rings. The van der Waals surface area contributed by atoms with E-state index < -0.39 is 9.84 Å². The van der Waals surface area contributed by atoms with E-state index in [1.807, 2.05) is 6.07 Å². The highest BCUT2D eigenvalue weighted by atomic mass is 32.2. The normalized spacial score (nSPS) is 22.4. The SMILES string of the molecule is N#Cc1ccccc1OCC(=O)N(C1CCCC1)C1CCS(=O)(=O)C1. The topological polar surface area (TPSA) is 87.5 Å². The maximum absolute atomic E-state index is 12.8. The molecule has 1 unspecified atom stereocenters. The number of hydrogen-bond donors (Lipinski definition) is 0. The van der Waals surface area contributed by atoms with Crippen molar-refractivity contribution < 1.29 is 17.9 Å². The molecule has 1 aliphatic heterocycles. The summed E-state index contributed by atoms with van der Waals surface area (Å²) in [5.41, 5.74) is 0.381. The molecule has 0 aromatic heterocycles. The number of benzene rings is 1. The Labute approximate surface area is 148 Å². The molecule has 1 saturated carbocycles. The summed E-state index contributed by atoms with van der Waals surface area (Å²) >= 11 is 0. The van der Waals surface area contributed by atoms with Crippen LogP contribution in [0.15, 0.2) is 24.3 Å². The van der Waals surface area contributed by atoms with Gasteiger partial charge in [0.1, 0.15) is 11.8 Å². The molecule has 2 aliphatic rings. The molecule has 134 valence electrons. The van der Waals surface area contributed by atoms with Crippen LogP contribution in [-0.2, 0) is 14.6 Å². The van der Waals surface area contributed by atoms with Crippen molar-refractivity contribution in [2.24, 2.45) is 0 Å². The maximum Gasteiger partial charge on any atom is 0.261 e. The van der Waals surface area contributed by atoms with Crippen molar-refractivity contribution in [1.29, 1.82) is 5.26 Å². The highest BCUT2D eigenvalue weighted by Gasteiger charge is 2.39. The van der Waals surface area contributed by atoms with Gasteiger partial charge in [-0.25, -0.2) is 8.42 Å². The Kier molecular flexibility index (Phi) is 5.28. The standard InChI is InChI=1S/C18H22N2O4S/c19-11-14-5-1-4-8-17(14)24-12-18(21)20(15-6-2-3-7-15)16-9-10-25(22,23)13-16/h1,4-5,8,15-16H,2-3,6-7,9-10,12-13H2. The molecule has 0 spiro atoms. The van der Waals surface area contributed by atoms with Crippen LogP contribution in [0.4, 0.5) is 0 Å². The van der Waals surface area contributed by atoms with Crippen molar-refractivity contribution in [3.05, 3.63) is 29.8 Å². The quantitative estimate of drug-likeness (QED) is 0.798. The van der Waals surface area contributed by atoms with Crippen molar-refractivity contribution in [2.45, 2.75) is 44.2 Å². The lowest BCUT2D eigenvalue weighted by Crippen LogP contribution is -2.48. The highest BCUT2D eigenvalue weighted by molar-refractivity contribution is 7.91. The fraction of sp³-hybridized carbons (Fsp3) is 0.556. The number of para-hydroxylation sites is 1. The zero-order chi connectivity index (χ0) is 17.9. The molecule has 7 heteroatoms. The fourth-order valence-electron chi connectivity index (χ4n) is 3.78. The predicted molar refractivity (Wildman–Crippen MR) is 92.8 cm³/mol. The third-order valence-electron chi connectivity index (χ3n) is 4.97. The van der Waals surface area contributed by atoms with Crippen LogP contribution in [0.2, 0.25) is 0 Å². The molecule has 0 N–H and O–H groups in total. The van der Waals surface area contributed by atoms with Crippen LogP contribution in [-0.4, -0.2) is 49.4 Å². The molecule has 0 radical (unpaired) electrons. The summed E-state index contributed by atoms with van der Waals surface area (Å²) in [7, 11) is -3.06. The van der Waals surface area contributed by atoms with E-state index in [0.717, 1.165) is 25.7 Å². The maximum atomic E-state index is 12.8. The summed E-state index contributed by atoms with van der Waals surface area (Å²) in [4.78, 5) is 14.6. The van der Waals surface area contributed by atoms with Crippen molar-refractivity contribution in [3.8, 4) is 11.8 Å². The first-order chi connectivity index (χ1) is 12.0. The van der Waals surface area contributed by atoms with Gasteiger partial charge < -0.3 is 9.64 Å². The first kappa shape index (κ1) is 17.7. The van der Waals surface area contributed by atoms with Gasteiger partial charge in [-0.3, -0.25) is 4.79 Å². The van der Waals surface area contributed by atoms with E-state index in [-0.39, 0.29) is 36.1 Å². The van der Waals surface area contributed by atoms with Gasteiger partial charge in [0.15, 0.2) is 16.4 Å². The van der Waals surface area contributed by atoms with Crippen molar-refractivity contribution in [1.82, 2.24) is 4.90 Å². The largest absolute Gasteiger partial charge is 0.482 e. The number of carbonyl (C=O) groups excluding carboxylic acids is 1. The Balaban J connectivity index is 1.72. The summed E-state index contributed by atoms with van der Waals surface area (Å²) < 4.78 is 29.3. The summed E-state index contributed by atoms with van der Waals surface area (Å²) in [6, 6.07) is 8.67. The number of nitriles is 1. The molecular weight excluding hydrogens is 340 g/mol. The fourth-order valence-corrected chi connectivity index (χ4v) is 5.49. The van der Waals surface area contributed by atoms with E-state index in [1.165, 1.54) is 0 Å². The molecule has 0 bridgehead atoms. The van der Waals surface area contributed by atoms with Crippen molar-refractivity contribution >= 4 is 15.7 Å². The minimum atomic E-state index is -3.06. The molecule has 1 aromatic carbocycles. The van der Waals surface area contributed by atoms with Crippen LogP contribution >= 0.6 is 0 Å². The van der Waals surface area contributed by atoms with Crippen LogP contribution in [0, 0.1) is 11.3 Å². The number of rotatable bonds is 5. The summed E-state index contributed by atoms with van der Waals surface area (Å²) in [5.74, 6) is 0.376. The zero-order valence-corrected chi connectivity index (χ0v) is 14.9. The van der Waals surface area contributed by atoms with Crippen LogP contribution in [0.5, 0.6) is 5.75 Å². The second-order valence-corrected chi connectivity index (χ2v) is 8.92. The Morgan fingerprint density at radius 2 is 1.92 bits per heavy atom. The number of nitrogens with zero attached hydrogens (tertiary/aromatic N) is 2. The lowest BCUT2D eigenvalue weighted by Gasteiger charge is -2.34. The van der Waals surface area contributed by atoms with E-state index in [9.17, 15) is 13.2 Å². The van der Waals surface area contributed by atoms with Gasteiger partial charge >= 0.3 is 0 Å². The monoisotopic (exact) mass is 362 g/mol. The van der Waals surface area contributed by atoms with Gasteiger partial charge in [0.05, 0.1) is 17.1 Å². The van der Waals surface area contributed by atoms with Gasteiger partial charge in [-0.2, -0.15) is 5.26 Å². The molecule has 1 amide bonds. The number of amides is 1. The van der Waals surface area contributed by atoms with E-state index >= 15 is 0 Å². The molecule has 1 heterocycles. The molecule has 1 atom stereocenters. The number of sulfone groups is 1. The van der Waals surface area contributed by atoms with Crippen molar-refractivity contribution in [3.63, 3.8) is 0 Å². The van der Waals surface area contributed by atoms with Gasteiger partial charge in [-0.1, -0.05) is 25.0 Å². The lowest BCUT2D eigenvalue weighted by atomic mass is 10.1. The molecule has 1 aliphatic carbocycles. The van der Waals surface area contributed by atoms with Gasteiger partial charge in [-0.05, 0) is 31.4 Å². The van der Waals surface area contributed by atoms with E-state index in [1.54, 1.807) is 29.2 Å². The Morgan fingerprint density at radius 1 is 1.20 bits per heavy atom. The number of ether oxygens (including phenoxy) is 1. The van der Waals surface area contributed by atoms with Gasteiger partial charge in [0.25, 0.3) is 5.91 Å². The molecular formula is C18H22N2O4S. The van der Waals surface area contributed by atoms with E-state index in [2.05, 4.69) is 0 Å². The third-order valence-corrected chi connectivity index (χ3v) is 6.72. The molecule has 6 nitrogen and oxygen atoms in total. The van der Waals surface area contributed by atoms with Gasteiger partial charge in [0.2, 0.25) is 0 Å².